The van der Waals surface area contributed by atoms with Gasteiger partial charge in [0.15, 0.2) is 0 Å². The van der Waals surface area contributed by atoms with Crippen molar-refractivity contribution in [3.8, 4) is 0 Å². The van der Waals surface area contributed by atoms with E-state index in [9.17, 15) is 0 Å². The molecular weight excluding hydrogens is 118 g/mol. The summed E-state index contributed by atoms with van der Waals surface area (Å²) in [5, 5.41) is 8.57. The minimum atomic E-state index is -0.190. The van der Waals surface area contributed by atoms with Crippen LogP contribution < -0.4 is 5.73 Å². The van der Waals surface area contributed by atoms with Gasteiger partial charge in [0, 0.05) is 6.54 Å². The quantitative estimate of drug-likeness (QED) is 0.555. The zero-order valence-corrected chi connectivity index (χ0v) is 6.00. The van der Waals surface area contributed by atoms with Gasteiger partial charge in [-0.2, -0.15) is 0 Å². The molecule has 0 aliphatic rings. The SMILES string of the molecule is CC(C)OC(CN)CO. The lowest BCUT2D eigenvalue weighted by Crippen LogP contribution is -2.29. The number of rotatable bonds is 4. The average Bonchev–Trinajstić information content (AvgIpc) is 1.82. The van der Waals surface area contributed by atoms with Crippen LogP contribution in [0.15, 0.2) is 0 Å². The number of hydrogen-bond donors (Lipinski definition) is 2. The van der Waals surface area contributed by atoms with E-state index in [2.05, 4.69) is 0 Å². The van der Waals surface area contributed by atoms with Crippen molar-refractivity contribution < 1.29 is 9.84 Å². The molecule has 1 atom stereocenters. The zero-order valence-electron chi connectivity index (χ0n) is 6.00. The Morgan fingerprint density at radius 2 is 2.11 bits per heavy atom. The molecule has 3 nitrogen and oxygen atoms in total. The highest BCUT2D eigenvalue weighted by Crippen LogP contribution is 1.94. The summed E-state index contributed by atoms with van der Waals surface area (Å²) >= 11 is 0. The lowest BCUT2D eigenvalue weighted by Gasteiger charge is -2.15. The van der Waals surface area contributed by atoms with Crippen LogP contribution in [0.2, 0.25) is 0 Å². The Morgan fingerprint density at radius 3 is 2.22 bits per heavy atom. The predicted octanol–water partition coefficient (Wildman–Crippen LogP) is -0.269. The Bertz CT molecular complexity index is 62.1. The first-order chi connectivity index (χ1) is 4.20. The first-order valence-corrected chi connectivity index (χ1v) is 3.17. The molecule has 0 amide bonds. The zero-order chi connectivity index (χ0) is 7.28. The second kappa shape index (κ2) is 4.73. The summed E-state index contributed by atoms with van der Waals surface area (Å²) in [7, 11) is 0. The van der Waals surface area contributed by atoms with Gasteiger partial charge in [-0.3, -0.25) is 0 Å². The number of nitrogens with two attached hydrogens (primary N) is 1. The summed E-state index contributed by atoms with van der Waals surface area (Å²) in [5.74, 6) is 0. The maximum absolute atomic E-state index is 8.57. The van der Waals surface area contributed by atoms with Crippen molar-refractivity contribution in [3.63, 3.8) is 0 Å². The third-order valence-electron chi connectivity index (χ3n) is 0.931. The summed E-state index contributed by atoms with van der Waals surface area (Å²) in [4.78, 5) is 0. The number of aliphatic hydroxyl groups is 1. The third-order valence-corrected chi connectivity index (χ3v) is 0.931. The highest BCUT2D eigenvalue weighted by atomic mass is 16.5. The van der Waals surface area contributed by atoms with Crippen molar-refractivity contribution in [2.75, 3.05) is 13.2 Å². The monoisotopic (exact) mass is 133 g/mol. The van der Waals surface area contributed by atoms with Crippen LogP contribution >= 0.6 is 0 Å². The van der Waals surface area contributed by atoms with Crippen LogP contribution in [-0.2, 0) is 4.74 Å². The van der Waals surface area contributed by atoms with Crippen molar-refractivity contribution in [2.24, 2.45) is 5.73 Å². The van der Waals surface area contributed by atoms with Gasteiger partial charge in [0.25, 0.3) is 0 Å². The van der Waals surface area contributed by atoms with Crippen LogP contribution in [0.1, 0.15) is 13.8 Å². The highest BCUT2D eigenvalue weighted by Gasteiger charge is 2.05. The van der Waals surface area contributed by atoms with Gasteiger partial charge < -0.3 is 15.6 Å². The number of aliphatic hydroxyl groups excluding tert-OH is 1. The molecule has 0 aromatic heterocycles. The van der Waals surface area contributed by atoms with Crippen molar-refractivity contribution in [3.05, 3.63) is 0 Å². The fraction of sp³-hybridized carbons (Fsp3) is 1.00. The standard InChI is InChI=1S/C6H15NO2/c1-5(2)9-6(3-7)4-8/h5-6,8H,3-4,7H2,1-2H3. The Hall–Kier alpha value is -0.120. The van der Waals surface area contributed by atoms with Crippen molar-refractivity contribution in [1.29, 1.82) is 0 Å². The van der Waals surface area contributed by atoms with Gasteiger partial charge in [-0.15, -0.1) is 0 Å². The molecule has 9 heavy (non-hydrogen) atoms. The first kappa shape index (κ1) is 8.88. The second-order valence-electron chi connectivity index (χ2n) is 2.23. The second-order valence-corrected chi connectivity index (χ2v) is 2.23. The van der Waals surface area contributed by atoms with E-state index >= 15 is 0 Å². The molecule has 3 N–H and O–H groups in total. The Labute approximate surface area is 55.8 Å². The molecular formula is C6H15NO2. The van der Waals surface area contributed by atoms with E-state index < -0.39 is 0 Å². The van der Waals surface area contributed by atoms with Gasteiger partial charge in [-0.1, -0.05) is 0 Å². The van der Waals surface area contributed by atoms with Crippen LogP contribution in [0.4, 0.5) is 0 Å². The third kappa shape index (κ3) is 4.39. The first-order valence-electron chi connectivity index (χ1n) is 3.17. The number of hydrogen-bond acceptors (Lipinski definition) is 3. The summed E-state index contributed by atoms with van der Waals surface area (Å²) in [6.45, 7) is 4.22. The molecule has 56 valence electrons. The molecule has 0 bridgehead atoms. The molecule has 0 rings (SSSR count). The van der Waals surface area contributed by atoms with Gasteiger partial charge in [0.05, 0.1) is 18.8 Å². The molecule has 0 heterocycles. The fourth-order valence-electron chi connectivity index (χ4n) is 0.558. The van der Waals surface area contributed by atoms with Gasteiger partial charge in [-0.25, -0.2) is 0 Å². The fourth-order valence-corrected chi connectivity index (χ4v) is 0.558. The summed E-state index contributed by atoms with van der Waals surface area (Å²) < 4.78 is 5.17. The Balaban J connectivity index is 3.31. The Kier molecular flexibility index (Phi) is 4.67. The van der Waals surface area contributed by atoms with Crippen LogP contribution in [0.3, 0.4) is 0 Å². The minimum absolute atomic E-state index is 0.00861. The largest absolute Gasteiger partial charge is 0.394 e. The van der Waals surface area contributed by atoms with Gasteiger partial charge in [-0.05, 0) is 13.8 Å². The molecule has 0 saturated heterocycles. The summed E-state index contributed by atoms with van der Waals surface area (Å²) in [6, 6.07) is 0. The topological polar surface area (TPSA) is 55.5 Å². The summed E-state index contributed by atoms with van der Waals surface area (Å²) in [6.07, 6.45) is -0.0456. The number of ether oxygens (including phenoxy) is 1. The van der Waals surface area contributed by atoms with Gasteiger partial charge in [0.1, 0.15) is 0 Å². The smallest absolute Gasteiger partial charge is 0.0930 e. The molecule has 0 aliphatic heterocycles. The lowest BCUT2D eigenvalue weighted by molar-refractivity contribution is -0.0174. The molecule has 0 fully saturated rings. The molecule has 0 spiro atoms. The normalized spacial score (nSPS) is 14.3. The molecule has 0 aromatic rings. The van der Waals surface area contributed by atoms with Crippen LogP contribution in [0.5, 0.6) is 0 Å². The summed E-state index contributed by atoms with van der Waals surface area (Å²) in [5.41, 5.74) is 5.25. The predicted molar refractivity (Wildman–Crippen MR) is 36.1 cm³/mol. The van der Waals surface area contributed by atoms with Gasteiger partial charge >= 0.3 is 0 Å². The Morgan fingerprint density at radius 1 is 1.56 bits per heavy atom. The van der Waals surface area contributed by atoms with Crippen LogP contribution in [-0.4, -0.2) is 30.5 Å². The maximum Gasteiger partial charge on any atom is 0.0930 e. The van der Waals surface area contributed by atoms with Crippen molar-refractivity contribution in [2.45, 2.75) is 26.1 Å². The van der Waals surface area contributed by atoms with E-state index in [1.807, 2.05) is 13.8 Å². The van der Waals surface area contributed by atoms with E-state index in [4.69, 9.17) is 15.6 Å². The maximum atomic E-state index is 8.57. The van der Waals surface area contributed by atoms with Crippen molar-refractivity contribution >= 4 is 0 Å². The molecule has 0 aliphatic carbocycles. The van der Waals surface area contributed by atoms with E-state index in [0.29, 0.717) is 6.54 Å². The van der Waals surface area contributed by atoms with Crippen molar-refractivity contribution in [1.82, 2.24) is 0 Å². The highest BCUT2D eigenvalue weighted by molar-refractivity contribution is 4.56. The molecule has 0 radical (unpaired) electrons. The van der Waals surface area contributed by atoms with E-state index in [1.54, 1.807) is 0 Å². The lowest BCUT2D eigenvalue weighted by atomic mass is 10.3. The average molecular weight is 133 g/mol. The minimum Gasteiger partial charge on any atom is -0.394 e. The van der Waals surface area contributed by atoms with E-state index in [0.717, 1.165) is 0 Å². The molecule has 1 unspecified atom stereocenters. The molecule has 3 heteroatoms. The van der Waals surface area contributed by atoms with Gasteiger partial charge in [0.2, 0.25) is 0 Å². The molecule has 0 saturated carbocycles. The van der Waals surface area contributed by atoms with E-state index in [1.165, 1.54) is 0 Å². The van der Waals surface area contributed by atoms with Crippen LogP contribution in [0, 0.1) is 0 Å². The van der Waals surface area contributed by atoms with Crippen LogP contribution in [0.25, 0.3) is 0 Å². The molecule has 0 aromatic carbocycles. The van der Waals surface area contributed by atoms with E-state index in [-0.39, 0.29) is 18.8 Å².